The smallest absolute Gasteiger partial charge is 0.341 e. The quantitative estimate of drug-likeness (QED) is 0.360. The van der Waals surface area contributed by atoms with Crippen LogP contribution in [0.4, 0.5) is 5.69 Å². The van der Waals surface area contributed by atoms with Gasteiger partial charge < -0.3 is 19.5 Å². The minimum atomic E-state index is -1.27. The lowest BCUT2D eigenvalue weighted by Gasteiger charge is -2.19. The summed E-state index contributed by atoms with van der Waals surface area (Å²) in [6.07, 6.45) is 3.35. The third-order valence-corrected chi connectivity index (χ3v) is 3.95. The lowest BCUT2D eigenvalue weighted by Crippen LogP contribution is -2.31. The van der Waals surface area contributed by atoms with Crippen molar-refractivity contribution in [3.05, 3.63) is 42.0 Å². The molecule has 1 aromatic carbocycles. The Morgan fingerprint density at radius 3 is 2.38 bits per heavy atom. The van der Waals surface area contributed by atoms with Crippen LogP contribution in [0.1, 0.15) is 12.8 Å². The first-order chi connectivity index (χ1) is 11.4. The van der Waals surface area contributed by atoms with Crippen molar-refractivity contribution >= 4 is 17.6 Å². The topological polar surface area (TPSA) is 76.1 Å². The van der Waals surface area contributed by atoms with Crippen molar-refractivity contribution < 1.29 is 24.2 Å². The van der Waals surface area contributed by atoms with Crippen molar-refractivity contribution in [3.63, 3.8) is 0 Å². The summed E-state index contributed by atoms with van der Waals surface area (Å²) in [6, 6.07) is 4.94. The van der Waals surface area contributed by atoms with Gasteiger partial charge in [-0.25, -0.2) is 4.79 Å². The van der Waals surface area contributed by atoms with Gasteiger partial charge in [-0.1, -0.05) is 12.2 Å². The highest BCUT2D eigenvalue weighted by molar-refractivity contribution is 6.21. The maximum Gasteiger partial charge on any atom is 0.341 e. The molecule has 1 amide bonds. The van der Waals surface area contributed by atoms with Crippen LogP contribution < -0.4 is 14.4 Å². The number of carbonyl (C=O) groups is 2. The van der Waals surface area contributed by atoms with Crippen LogP contribution in [-0.4, -0.2) is 38.3 Å². The second-order valence-corrected chi connectivity index (χ2v) is 5.62. The SMILES string of the molecule is C=C(/C=C(/C(=O)O)C(=O)N(C)c1ccc(OC)c(OC)c1)C1CC1. The van der Waals surface area contributed by atoms with Crippen LogP contribution in [0, 0.1) is 5.92 Å². The van der Waals surface area contributed by atoms with E-state index in [-0.39, 0.29) is 5.57 Å². The van der Waals surface area contributed by atoms with E-state index in [9.17, 15) is 14.7 Å². The number of hydrogen-bond donors (Lipinski definition) is 1. The minimum absolute atomic E-state index is 0.290. The van der Waals surface area contributed by atoms with E-state index in [0.717, 1.165) is 12.8 Å². The van der Waals surface area contributed by atoms with Gasteiger partial charge in [-0.3, -0.25) is 4.79 Å². The van der Waals surface area contributed by atoms with Crippen LogP contribution in [0.2, 0.25) is 0 Å². The highest BCUT2D eigenvalue weighted by atomic mass is 16.5. The van der Waals surface area contributed by atoms with E-state index in [1.54, 1.807) is 18.2 Å². The summed E-state index contributed by atoms with van der Waals surface area (Å²) in [5, 5.41) is 9.37. The molecule has 1 aromatic rings. The van der Waals surface area contributed by atoms with Crippen molar-refractivity contribution in [2.24, 2.45) is 5.92 Å². The Bertz CT molecular complexity index is 703. The third-order valence-electron chi connectivity index (χ3n) is 3.95. The number of carboxylic acids is 1. The molecule has 0 bridgehead atoms. The van der Waals surface area contributed by atoms with Gasteiger partial charge in [0, 0.05) is 18.8 Å². The highest BCUT2D eigenvalue weighted by Gasteiger charge is 2.28. The van der Waals surface area contributed by atoms with Crippen LogP contribution in [-0.2, 0) is 9.59 Å². The molecule has 0 heterocycles. The molecule has 0 aromatic heterocycles. The Balaban J connectivity index is 2.29. The van der Waals surface area contributed by atoms with Gasteiger partial charge in [0.25, 0.3) is 5.91 Å². The van der Waals surface area contributed by atoms with E-state index >= 15 is 0 Å². The zero-order valence-corrected chi connectivity index (χ0v) is 14.0. The Morgan fingerprint density at radius 2 is 1.88 bits per heavy atom. The van der Waals surface area contributed by atoms with Gasteiger partial charge in [0.05, 0.1) is 14.2 Å². The molecule has 1 N–H and O–H groups in total. The molecule has 0 unspecified atom stereocenters. The lowest BCUT2D eigenvalue weighted by molar-refractivity contribution is -0.134. The molecule has 2 rings (SSSR count). The predicted octanol–water partition coefficient (Wildman–Crippen LogP) is 2.64. The number of amides is 1. The van der Waals surface area contributed by atoms with Crippen LogP contribution in [0.25, 0.3) is 0 Å². The largest absolute Gasteiger partial charge is 0.493 e. The molecule has 0 atom stereocenters. The maximum atomic E-state index is 12.6. The van der Waals surface area contributed by atoms with Crippen LogP contribution in [0.5, 0.6) is 11.5 Å². The van der Waals surface area contributed by atoms with Gasteiger partial charge in [-0.2, -0.15) is 0 Å². The number of methoxy groups -OCH3 is 2. The Labute approximate surface area is 141 Å². The predicted molar refractivity (Wildman–Crippen MR) is 90.5 cm³/mol. The summed E-state index contributed by atoms with van der Waals surface area (Å²) in [7, 11) is 4.52. The first-order valence-corrected chi connectivity index (χ1v) is 7.53. The number of carbonyl (C=O) groups excluding carboxylic acids is 1. The first-order valence-electron chi connectivity index (χ1n) is 7.53. The van der Waals surface area contributed by atoms with Gasteiger partial charge in [-0.05, 0) is 37.0 Å². The number of benzene rings is 1. The average molecular weight is 331 g/mol. The second kappa shape index (κ2) is 7.21. The molecule has 1 saturated carbocycles. The number of aliphatic carboxylic acids is 1. The first kappa shape index (κ1) is 17.6. The maximum absolute atomic E-state index is 12.6. The molecule has 128 valence electrons. The van der Waals surface area contributed by atoms with E-state index in [2.05, 4.69) is 6.58 Å². The van der Waals surface area contributed by atoms with Gasteiger partial charge in [0.15, 0.2) is 11.5 Å². The molecule has 0 saturated heterocycles. The molecule has 1 aliphatic rings. The average Bonchev–Trinajstić information content (AvgIpc) is 3.42. The van der Waals surface area contributed by atoms with Crippen molar-refractivity contribution in [2.45, 2.75) is 12.8 Å². The fourth-order valence-corrected chi connectivity index (χ4v) is 2.30. The lowest BCUT2D eigenvalue weighted by atomic mass is 10.1. The molecule has 1 aliphatic carbocycles. The molecule has 6 heteroatoms. The van der Waals surface area contributed by atoms with Gasteiger partial charge in [-0.15, -0.1) is 0 Å². The van der Waals surface area contributed by atoms with Crippen LogP contribution in [0.15, 0.2) is 42.0 Å². The van der Waals surface area contributed by atoms with Gasteiger partial charge in [0.2, 0.25) is 0 Å². The normalized spacial score (nSPS) is 14.0. The van der Waals surface area contributed by atoms with E-state index in [4.69, 9.17) is 9.47 Å². The number of allylic oxidation sites excluding steroid dienone is 2. The summed E-state index contributed by atoms with van der Waals surface area (Å²) in [6.45, 7) is 3.86. The van der Waals surface area contributed by atoms with Gasteiger partial charge >= 0.3 is 5.97 Å². The number of carboxylic acid groups (broad SMARTS) is 1. The van der Waals surface area contributed by atoms with E-state index < -0.39 is 11.9 Å². The molecule has 0 spiro atoms. The van der Waals surface area contributed by atoms with Crippen molar-refractivity contribution in [3.8, 4) is 11.5 Å². The number of ether oxygens (including phenoxy) is 2. The molecule has 0 aliphatic heterocycles. The van der Waals surface area contributed by atoms with Crippen molar-refractivity contribution in [2.75, 3.05) is 26.2 Å². The number of likely N-dealkylation sites (N-methyl/N-ethyl adjacent to an activating group) is 1. The Hall–Kier alpha value is -2.76. The fourth-order valence-electron chi connectivity index (χ4n) is 2.30. The third kappa shape index (κ3) is 3.76. The van der Waals surface area contributed by atoms with Crippen LogP contribution >= 0.6 is 0 Å². The Kier molecular flexibility index (Phi) is 5.28. The number of nitrogens with zero attached hydrogens (tertiary/aromatic N) is 1. The number of hydrogen-bond acceptors (Lipinski definition) is 4. The number of rotatable bonds is 7. The summed E-state index contributed by atoms with van der Waals surface area (Å²) in [5.41, 5.74) is 0.882. The molecular weight excluding hydrogens is 310 g/mol. The zero-order chi connectivity index (χ0) is 17.9. The van der Waals surface area contributed by atoms with E-state index in [1.807, 2.05) is 0 Å². The summed E-state index contributed by atoms with van der Waals surface area (Å²) in [5.74, 6) is -0.611. The fraction of sp³-hybridized carbons (Fsp3) is 0.333. The monoisotopic (exact) mass is 331 g/mol. The summed E-state index contributed by atoms with van der Waals surface area (Å²) in [4.78, 5) is 25.3. The molecule has 0 radical (unpaired) electrons. The molecular formula is C18H21NO5. The minimum Gasteiger partial charge on any atom is -0.493 e. The zero-order valence-electron chi connectivity index (χ0n) is 14.0. The van der Waals surface area contributed by atoms with Crippen molar-refractivity contribution in [1.29, 1.82) is 0 Å². The second-order valence-electron chi connectivity index (χ2n) is 5.62. The molecule has 1 fully saturated rings. The van der Waals surface area contributed by atoms with E-state index in [1.165, 1.54) is 32.2 Å². The van der Waals surface area contributed by atoms with E-state index in [0.29, 0.717) is 28.7 Å². The number of anilines is 1. The summed E-state index contributed by atoms with van der Waals surface area (Å²) < 4.78 is 10.4. The highest BCUT2D eigenvalue weighted by Crippen LogP contribution is 2.37. The standard InChI is InChI=1S/C18H21NO5/c1-11(12-5-6-12)9-14(18(21)22)17(20)19(2)13-7-8-15(23-3)16(10-13)24-4/h7-10,12H,1,5-6H2,2-4H3,(H,21,22)/b14-9+. The van der Waals surface area contributed by atoms with Crippen molar-refractivity contribution in [1.82, 2.24) is 0 Å². The summed E-state index contributed by atoms with van der Waals surface area (Å²) >= 11 is 0. The van der Waals surface area contributed by atoms with Gasteiger partial charge in [0.1, 0.15) is 5.57 Å². The molecule has 24 heavy (non-hydrogen) atoms. The Morgan fingerprint density at radius 1 is 1.25 bits per heavy atom. The molecule has 6 nitrogen and oxygen atoms in total. The van der Waals surface area contributed by atoms with Crippen LogP contribution in [0.3, 0.4) is 0 Å².